The monoisotopic (exact) mass is 426 g/mol. The summed E-state index contributed by atoms with van der Waals surface area (Å²) in [4.78, 5) is 38.2. The summed E-state index contributed by atoms with van der Waals surface area (Å²) < 4.78 is 1.79. The number of imidazole rings is 1. The summed E-state index contributed by atoms with van der Waals surface area (Å²) in [6.07, 6.45) is 11.7. The lowest BCUT2D eigenvalue weighted by Gasteiger charge is -2.27. The minimum atomic E-state index is -0.498. The highest BCUT2D eigenvalue weighted by molar-refractivity contribution is 7.16. The van der Waals surface area contributed by atoms with Crippen LogP contribution in [-0.4, -0.2) is 48.4 Å². The van der Waals surface area contributed by atoms with Crippen molar-refractivity contribution in [3.8, 4) is 10.6 Å². The van der Waals surface area contributed by atoms with Crippen molar-refractivity contribution in [2.45, 2.75) is 50.7 Å². The van der Waals surface area contributed by atoms with Gasteiger partial charge in [0.25, 0.3) is 5.91 Å². The Labute approximate surface area is 176 Å². The molecule has 0 aliphatic heterocycles. The normalized spacial score (nSPS) is 21.5. The van der Waals surface area contributed by atoms with E-state index in [1.165, 1.54) is 11.3 Å². The summed E-state index contributed by atoms with van der Waals surface area (Å²) in [6.45, 7) is 0. The van der Waals surface area contributed by atoms with E-state index < -0.39 is 6.10 Å². The smallest absolute Gasteiger partial charge is 0.280 e. The van der Waals surface area contributed by atoms with Gasteiger partial charge in [-0.2, -0.15) is 0 Å². The molecule has 156 valence electrons. The largest absolute Gasteiger partial charge is 0.391 e. The van der Waals surface area contributed by atoms with Crippen LogP contribution < -0.4 is 10.6 Å². The molecule has 2 aliphatic rings. The van der Waals surface area contributed by atoms with E-state index in [0.29, 0.717) is 28.6 Å². The number of aliphatic hydroxyl groups is 1. The summed E-state index contributed by atoms with van der Waals surface area (Å²) in [5.41, 5.74) is 1.29. The summed E-state index contributed by atoms with van der Waals surface area (Å²) in [6, 6.07) is -0.219. The zero-order valence-electron chi connectivity index (χ0n) is 16.2. The second-order valence-electron chi connectivity index (χ2n) is 7.89. The number of anilines is 1. The van der Waals surface area contributed by atoms with Crippen molar-refractivity contribution >= 4 is 34.6 Å². The van der Waals surface area contributed by atoms with Gasteiger partial charge in [-0.15, -0.1) is 11.3 Å². The lowest BCUT2D eigenvalue weighted by molar-refractivity contribution is -0.117. The fourth-order valence-electron chi connectivity index (χ4n) is 3.67. The first-order valence-corrected chi connectivity index (χ1v) is 11.0. The molecule has 3 heterocycles. The Kier molecular flexibility index (Phi) is 4.95. The molecule has 9 nitrogen and oxygen atoms in total. The topological polar surface area (TPSA) is 122 Å². The molecule has 3 N–H and O–H groups in total. The molecule has 5 rings (SSSR count). The minimum Gasteiger partial charge on any atom is -0.391 e. The van der Waals surface area contributed by atoms with Crippen LogP contribution in [0.4, 0.5) is 5.82 Å². The van der Waals surface area contributed by atoms with Gasteiger partial charge in [0.1, 0.15) is 0 Å². The number of amides is 2. The van der Waals surface area contributed by atoms with Crippen LogP contribution in [0.25, 0.3) is 16.2 Å². The molecular weight excluding hydrogens is 404 g/mol. The maximum absolute atomic E-state index is 12.5. The van der Waals surface area contributed by atoms with E-state index in [2.05, 4.69) is 25.6 Å². The van der Waals surface area contributed by atoms with Crippen molar-refractivity contribution in [3.63, 3.8) is 0 Å². The molecule has 0 radical (unpaired) electrons. The molecule has 0 saturated heterocycles. The summed E-state index contributed by atoms with van der Waals surface area (Å²) in [5.74, 6) is 0.347. The van der Waals surface area contributed by atoms with Crippen LogP contribution in [0.15, 0.2) is 24.8 Å². The Morgan fingerprint density at radius 2 is 1.93 bits per heavy atom. The number of hydrogen-bond donors (Lipinski definition) is 3. The van der Waals surface area contributed by atoms with Crippen molar-refractivity contribution in [1.29, 1.82) is 0 Å². The van der Waals surface area contributed by atoms with Crippen LogP contribution in [0.2, 0.25) is 0 Å². The van der Waals surface area contributed by atoms with Gasteiger partial charge in [-0.1, -0.05) is 12.8 Å². The molecule has 0 spiro atoms. The van der Waals surface area contributed by atoms with Crippen LogP contribution in [0, 0.1) is 5.92 Å². The Hall–Kier alpha value is -2.85. The van der Waals surface area contributed by atoms with Crippen molar-refractivity contribution < 1.29 is 14.7 Å². The van der Waals surface area contributed by atoms with Gasteiger partial charge in [-0.3, -0.25) is 9.59 Å². The van der Waals surface area contributed by atoms with Gasteiger partial charge in [0, 0.05) is 18.3 Å². The molecule has 2 amide bonds. The van der Waals surface area contributed by atoms with E-state index in [1.807, 2.05) is 0 Å². The molecular formula is C20H22N6O3S. The number of nitrogens with zero attached hydrogens (tertiary/aromatic N) is 4. The number of thiazole rings is 1. The quantitative estimate of drug-likeness (QED) is 0.575. The zero-order chi connectivity index (χ0) is 20.7. The van der Waals surface area contributed by atoms with E-state index >= 15 is 0 Å². The van der Waals surface area contributed by atoms with Crippen molar-refractivity contribution in [3.05, 3.63) is 29.8 Å². The average molecular weight is 427 g/mol. The van der Waals surface area contributed by atoms with Crippen LogP contribution in [-0.2, 0) is 4.79 Å². The van der Waals surface area contributed by atoms with E-state index in [0.717, 1.165) is 37.0 Å². The summed E-state index contributed by atoms with van der Waals surface area (Å²) in [5, 5.41) is 16.1. The lowest BCUT2D eigenvalue weighted by Crippen LogP contribution is -2.45. The Bertz CT molecular complexity index is 1110. The zero-order valence-corrected chi connectivity index (χ0v) is 17.1. The number of carbonyl (C=O) groups is 2. The molecule has 2 atom stereocenters. The van der Waals surface area contributed by atoms with Crippen LogP contribution in [0.5, 0.6) is 0 Å². The summed E-state index contributed by atoms with van der Waals surface area (Å²) in [7, 11) is 0. The number of hydrogen-bond acceptors (Lipinski definition) is 7. The second kappa shape index (κ2) is 7.77. The molecule has 0 aromatic carbocycles. The molecule has 10 heteroatoms. The fraction of sp³-hybridized carbons (Fsp3) is 0.450. The van der Waals surface area contributed by atoms with E-state index in [-0.39, 0.29) is 23.8 Å². The van der Waals surface area contributed by atoms with E-state index in [1.54, 1.807) is 29.2 Å². The van der Waals surface area contributed by atoms with Gasteiger partial charge in [0.2, 0.25) is 5.91 Å². The minimum absolute atomic E-state index is 0.00721. The molecule has 3 aromatic heterocycles. The van der Waals surface area contributed by atoms with Crippen molar-refractivity contribution in [1.82, 2.24) is 24.7 Å². The highest BCUT2D eigenvalue weighted by Gasteiger charge is 2.30. The Morgan fingerprint density at radius 1 is 1.10 bits per heavy atom. The number of rotatable bonds is 5. The molecule has 2 saturated carbocycles. The second-order valence-corrected chi connectivity index (χ2v) is 8.92. The Balaban J connectivity index is 1.31. The maximum atomic E-state index is 12.5. The van der Waals surface area contributed by atoms with Gasteiger partial charge < -0.3 is 20.1 Å². The third-order valence-electron chi connectivity index (χ3n) is 5.54. The highest BCUT2D eigenvalue weighted by Crippen LogP contribution is 2.30. The molecule has 2 unspecified atom stereocenters. The van der Waals surface area contributed by atoms with Crippen LogP contribution in [0.3, 0.4) is 0 Å². The highest BCUT2D eigenvalue weighted by atomic mass is 32.1. The average Bonchev–Trinajstić information content (AvgIpc) is 3.33. The molecule has 3 aromatic rings. The van der Waals surface area contributed by atoms with Gasteiger partial charge in [-0.05, 0) is 25.7 Å². The third-order valence-corrected chi connectivity index (χ3v) is 6.56. The van der Waals surface area contributed by atoms with E-state index in [9.17, 15) is 14.7 Å². The predicted molar refractivity (Wildman–Crippen MR) is 111 cm³/mol. The predicted octanol–water partition coefficient (Wildman–Crippen LogP) is 2.23. The van der Waals surface area contributed by atoms with Gasteiger partial charge in [0.05, 0.1) is 35.1 Å². The molecule has 2 fully saturated rings. The molecule has 2 aliphatic carbocycles. The van der Waals surface area contributed by atoms with Crippen molar-refractivity contribution in [2.24, 2.45) is 5.92 Å². The lowest BCUT2D eigenvalue weighted by atomic mass is 9.92. The van der Waals surface area contributed by atoms with E-state index in [4.69, 9.17) is 0 Å². The number of fused-ring (bicyclic) bond motifs is 1. The van der Waals surface area contributed by atoms with Crippen LogP contribution >= 0.6 is 11.3 Å². The molecule has 0 bridgehead atoms. The maximum Gasteiger partial charge on any atom is 0.280 e. The van der Waals surface area contributed by atoms with Gasteiger partial charge in [0.15, 0.2) is 16.5 Å². The first-order valence-electron chi connectivity index (χ1n) is 10.2. The fourth-order valence-corrected chi connectivity index (χ4v) is 4.45. The number of aromatic nitrogens is 4. The SMILES string of the molecule is O=C(NC1CCCCC1O)c1ncc(-c2cn3cc(NC(=O)C4CC4)nc3cn2)s1. The standard InChI is InChI=1S/C20H22N6O3S/c27-14-4-2-1-3-12(14)23-19(29)20-22-7-15(30-20)13-9-26-10-16(24-17(26)8-21-13)25-18(28)11-5-6-11/h7-12,14,27H,1-6H2,(H,23,29)(H,25,28). The Morgan fingerprint density at radius 3 is 2.73 bits per heavy atom. The number of aliphatic hydroxyl groups excluding tert-OH is 1. The van der Waals surface area contributed by atoms with Gasteiger partial charge in [-0.25, -0.2) is 15.0 Å². The van der Waals surface area contributed by atoms with Crippen LogP contribution in [0.1, 0.15) is 48.3 Å². The first-order chi connectivity index (χ1) is 14.6. The third kappa shape index (κ3) is 3.92. The number of carbonyl (C=O) groups excluding carboxylic acids is 2. The van der Waals surface area contributed by atoms with Gasteiger partial charge >= 0.3 is 0 Å². The summed E-state index contributed by atoms with van der Waals surface area (Å²) >= 11 is 1.25. The number of nitrogens with one attached hydrogen (secondary N) is 2. The first kappa shape index (κ1) is 19.1. The molecule has 30 heavy (non-hydrogen) atoms. The van der Waals surface area contributed by atoms with Crippen molar-refractivity contribution in [2.75, 3.05) is 5.32 Å².